The molecule has 2 saturated heterocycles. The summed E-state index contributed by atoms with van der Waals surface area (Å²) in [5, 5.41) is 3.08. The van der Waals surface area contributed by atoms with Crippen LogP contribution < -0.4 is 10.2 Å². The number of amides is 1. The molecule has 0 aliphatic carbocycles. The Balaban J connectivity index is 1.62. The van der Waals surface area contributed by atoms with Gasteiger partial charge in [0, 0.05) is 39.3 Å². The summed E-state index contributed by atoms with van der Waals surface area (Å²) >= 11 is 6.32. The number of halogens is 2. The first kappa shape index (κ1) is 16.5. The number of aromatic nitrogens is 1. The molecule has 0 spiro atoms. The molecule has 1 aromatic heterocycles. The fourth-order valence-corrected chi connectivity index (χ4v) is 3.73. The number of carbonyl (C=O) groups is 1. The Morgan fingerprint density at radius 3 is 2.65 bits per heavy atom. The molecule has 0 saturated carbocycles. The fraction of sp³-hybridized carbons (Fsp3) is 0.625. The smallest absolute Gasteiger partial charge is 0.269 e. The molecule has 0 radical (unpaired) electrons. The van der Waals surface area contributed by atoms with Crippen LogP contribution in [0.2, 0.25) is 5.02 Å². The summed E-state index contributed by atoms with van der Waals surface area (Å²) in [4.78, 5) is 20.3. The van der Waals surface area contributed by atoms with E-state index in [4.69, 9.17) is 11.6 Å². The Kier molecular flexibility index (Phi) is 5.02. The lowest BCUT2D eigenvalue weighted by molar-refractivity contribution is 0.0958. The van der Waals surface area contributed by atoms with E-state index < -0.39 is 6.17 Å². The minimum Gasteiger partial charge on any atom is -0.369 e. The molecule has 3 rings (SSSR count). The zero-order valence-corrected chi connectivity index (χ0v) is 14.0. The highest BCUT2D eigenvalue weighted by Crippen LogP contribution is 2.30. The molecule has 1 amide bonds. The van der Waals surface area contributed by atoms with Crippen LogP contribution in [0.5, 0.6) is 0 Å². The molecule has 5 nitrogen and oxygen atoms in total. The molecule has 0 aromatic carbocycles. The van der Waals surface area contributed by atoms with Crippen molar-refractivity contribution in [3.05, 3.63) is 23.0 Å². The minimum atomic E-state index is -0.663. The molecule has 1 unspecified atom stereocenters. The van der Waals surface area contributed by atoms with Crippen molar-refractivity contribution >= 4 is 23.2 Å². The summed E-state index contributed by atoms with van der Waals surface area (Å²) in [5.74, 6) is -0.244. The van der Waals surface area contributed by atoms with E-state index in [-0.39, 0.29) is 5.91 Å². The molecular weight excluding hydrogens is 319 g/mol. The lowest BCUT2D eigenvalue weighted by atomic mass is 10.0. The molecule has 23 heavy (non-hydrogen) atoms. The van der Waals surface area contributed by atoms with Gasteiger partial charge in [-0.05, 0) is 25.3 Å². The Hall–Kier alpha value is -1.40. The van der Waals surface area contributed by atoms with Crippen LogP contribution in [0.15, 0.2) is 12.3 Å². The highest BCUT2D eigenvalue weighted by atomic mass is 35.5. The third-order valence-electron chi connectivity index (χ3n) is 4.78. The van der Waals surface area contributed by atoms with E-state index in [0.717, 1.165) is 38.2 Å². The van der Waals surface area contributed by atoms with Gasteiger partial charge in [0.1, 0.15) is 11.9 Å². The number of anilines is 1. The highest BCUT2D eigenvalue weighted by Gasteiger charge is 2.31. The Labute approximate surface area is 140 Å². The largest absolute Gasteiger partial charge is 0.369 e. The third kappa shape index (κ3) is 3.58. The van der Waals surface area contributed by atoms with E-state index in [9.17, 15) is 9.18 Å². The van der Waals surface area contributed by atoms with Gasteiger partial charge >= 0.3 is 0 Å². The van der Waals surface area contributed by atoms with Crippen LogP contribution in [-0.4, -0.2) is 61.2 Å². The van der Waals surface area contributed by atoms with Crippen molar-refractivity contribution in [3.63, 3.8) is 0 Å². The molecule has 1 N–H and O–H groups in total. The van der Waals surface area contributed by atoms with Gasteiger partial charge < -0.3 is 10.2 Å². The molecule has 126 valence electrons. The Morgan fingerprint density at radius 2 is 2.09 bits per heavy atom. The van der Waals surface area contributed by atoms with Gasteiger partial charge in [0.2, 0.25) is 0 Å². The summed E-state index contributed by atoms with van der Waals surface area (Å²) in [6, 6.07) is 2.07. The van der Waals surface area contributed by atoms with Gasteiger partial charge in [-0.15, -0.1) is 0 Å². The van der Waals surface area contributed by atoms with Crippen LogP contribution in [0, 0.1) is 0 Å². The van der Waals surface area contributed by atoms with Crippen molar-refractivity contribution in [3.8, 4) is 0 Å². The summed E-state index contributed by atoms with van der Waals surface area (Å²) < 4.78 is 13.3. The van der Waals surface area contributed by atoms with Gasteiger partial charge in [-0.1, -0.05) is 11.6 Å². The number of hydrogen-bond donors (Lipinski definition) is 1. The molecular formula is C16H22ClFN4O. The van der Waals surface area contributed by atoms with Crippen molar-refractivity contribution in [1.29, 1.82) is 0 Å². The van der Waals surface area contributed by atoms with Crippen LogP contribution in [0.3, 0.4) is 0 Å². The quantitative estimate of drug-likeness (QED) is 0.915. The summed E-state index contributed by atoms with van der Waals surface area (Å²) in [5.41, 5.74) is 1.18. The van der Waals surface area contributed by atoms with Crippen LogP contribution in [0.1, 0.15) is 29.8 Å². The Morgan fingerprint density at radius 1 is 1.35 bits per heavy atom. The van der Waals surface area contributed by atoms with E-state index in [1.165, 1.54) is 0 Å². The summed E-state index contributed by atoms with van der Waals surface area (Å²) in [6.07, 6.45) is 3.67. The number of nitrogens with zero attached hydrogens (tertiary/aromatic N) is 3. The van der Waals surface area contributed by atoms with Crippen molar-refractivity contribution < 1.29 is 9.18 Å². The van der Waals surface area contributed by atoms with Crippen molar-refractivity contribution in [2.45, 2.75) is 31.5 Å². The van der Waals surface area contributed by atoms with Crippen LogP contribution in [0.25, 0.3) is 0 Å². The number of hydrogen-bond acceptors (Lipinski definition) is 4. The monoisotopic (exact) mass is 340 g/mol. The molecule has 2 aliphatic heterocycles. The molecule has 1 aromatic rings. The predicted octanol–water partition coefficient (Wildman–Crippen LogP) is 2.11. The van der Waals surface area contributed by atoms with Crippen LogP contribution >= 0.6 is 11.6 Å². The second kappa shape index (κ2) is 7.01. The van der Waals surface area contributed by atoms with Gasteiger partial charge in [0.25, 0.3) is 5.91 Å². The van der Waals surface area contributed by atoms with Gasteiger partial charge in [0.15, 0.2) is 0 Å². The second-order valence-corrected chi connectivity index (χ2v) is 6.61. The van der Waals surface area contributed by atoms with Crippen LogP contribution in [0.4, 0.5) is 10.1 Å². The zero-order chi connectivity index (χ0) is 16.4. The third-order valence-corrected chi connectivity index (χ3v) is 5.08. The highest BCUT2D eigenvalue weighted by molar-refractivity contribution is 6.33. The zero-order valence-electron chi connectivity index (χ0n) is 13.3. The number of alkyl halides is 1. The number of rotatable bonds is 3. The van der Waals surface area contributed by atoms with Gasteiger partial charge in [-0.3, -0.25) is 9.69 Å². The lowest BCUT2D eigenvalue weighted by Crippen LogP contribution is -2.44. The van der Waals surface area contributed by atoms with Crippen molar-refractivity contribution in [2.24, 2.45) is 0 Å². The SMILES string of the molecule is CNC(=O)c1cc(Cl)c(N2CCC(N3CCC(F)C3)CC2)cn1. The number of piperidine rings is 1. The molecule has 7 heteroatoms. The Bertz CT molecular complexity index is 577. The van der Waals surface area contributed by atoms with E-state index in [2.05, 4.69) is 20.1 Å². The molecule has 3 heterocycles. The maximum absolute atomic E-state index is 13.3. The molecule has 1 atom stereocenters. The van der Waals surface area contributed by atoms with E-state index >= 15 is 0 Å². The van der Waals surface area contributed by atoms with Gasteiger partial charge in [-0.2, -0.15) is 0 Å². The van der Waals surface area contributed by atoms with Gasteiger partial charge in [-0.25, -0.2) is 9.37 Å². The minimum absolute atomic E-state index is 0.244. The maximum atomic E-state index is 13.3. The van der Waals surface area contributed by atoms with E-state index in [1.54, 1.807) is 19.3 Å². The topological polar surface area (TPSA) is 48.5 Å². The second-order valence-electron chi connectivity index (χ2n) is 6.20. The molecule has 2 fully saturated rings. The summed E-state index contributed by atoms with van der Waals surface area (Å²) in [6.45, 7) is 3.19. The first-order valence-corrected chi connectivity index (χ1v) is 8.47. The normalized spacial score (nSPS) is 23.3. The fourth-order valence-electron chi connectivity index (χ4n) is 3.46. The molecule has 0 bridgehead atoms. The number of likely N-dealkylation sites (tertiary alicyclic amines) is 1. The lowest BCUT2D eigenvalue weighted by Gasteiger charge is -2.37. The maximum Gasteiger partial charge on any atom is 0.269 e. The van der Waals surface area contributed by atoms with E-state index in [0.29, 0.717) is 29.7 Å². The average Bonchev–Trinajstić information content (AvgIpc) is 3.00. The molecule has 2 aliphatic rings. The van der Waals surface area contributed by atoms with Crippen LogP contribution in [-0.2, 0) is 0 Å². The van der Waals surface area contributed by atoms with Crippen molar-refractivity contribution in [2.75, 3.05) is 38.1 Å². The summed E-state index contributed by atoms with van der Waals surface area (Å²) in [7, 11) is 1.57. The predicted molar refractivity (Wildman–Crippen MR) is 89.0 cm³/mol. The standard InChI is InChI=1S/C16H22ClFN4O/c1-19-16(23)14-8-13(17)15(9-20-14)21-6-3-12(4-7-21)22-5-2-11(18)10-22/h8-9,11-12H,2-7,10H2,1H3,(H,19,23). The number of nitrogens with one attached hydrogen (secondary N) is 1. The first-order valence-electron chi connectivity index (χ1n) is 8.09. The van der Waals surface area contributed by atoms with Crippen molar-refractivity contribution in [1.82, 2.24) is 15.2 Å². The van der Waals surface area contributed by atoms with E-state index in [1.807, 2.05) is 0 Å². The van der Waals surface area contributed by atoms with Gasteiger partial charge in [0.05, 0.1) is 16.9 Å². The number of pyridine rings is 1. The first-order chi connectivity index (χ1) is 11.1. The average molecular weight is 341 g/mol. The number of carbonyl (C=O) groups excluding carboxylic acids is 1.